The Morgan fingerprint density at radius 1 is 1.36 bits per heavy atom. The van der Waals surface area contributed by atoms with Gasteiger partial charge in [-0.3, -0.25) is 4.79 Å². The Bertz CT molecular complexity index is 702. The molecule has 6 heteroatoms. The zero-order valence-electron chi connectivity index (χ0n) is 12.1. The van der Waals surface area contributed by atoms with Crippen molar-refractivity contribution in [1.29, 1.82) is 0 Å². The highest BCUT2D eigenvalue weighted by atomic mass is 16.5. The Morgan fingerprint density at radius 3 is 3.09 bits per heavy atom. The second kappa shape index (κ2) is 5.23. The van der Waals surface area contributed by atoms with Crippen LogP contribution in [-0.2, 0) is 24.3 Å². The Balaban J connectivity index is 1.69. The van der Waals surface area contributed by atoms with Crippen molar-refractivity contribution in [2.24, 2.45) is 0 Å². The first-order chi connectivity index (χ1) is 10.7. The summed E-state index contributed by atoms with van der Waals surface area (Å²) in [5.74, 6) is 0.605. The number of aliphatic hydroxyl groups excluding tert-OH is 1. The minimum Gasteiger partial charge on any atom is -0.391 e. The van der Waals surface area contributed by atoms with Crippen molar-refractivity contribution in [2.75, 3.05) is 18.1 Å². The Hall–Kier alpha value is -2.18. The third-order valence-corrected chi connectivity index (χ3v) is 4.16. The monoisotopic (exact) mass is 299 g/mol. The van der Waals surface area contributed by atoms with E-state index in [1.54, 1.807) is 11.1 Å². The van der Waals surface area contributed by atoms with Gasteiger partial charge in [0, 0.05) is 24.8 Å². The molecule has 0 aliphatic carbocycles. The van der Waals surface area contributed by atoms with Gasteiger partial charge in [0.1, 0.15) is 18.1 Å². The van der Waals surface area contributed by atoms with Crippen LogP contribution in [0.15, 0.2) is 30.5 Å². The van der Waals surface area contributed by atoms with Crippen molar-refractivity contribution in [1.82, 2.24) is 9.55 Å². The molecule has 0 fully saturated rings. The van der Waals surface area contributed by atoms with E-state index in [0.29, 0.717) is 31.9 Å². The molecule has 1 amide bonds. The molecule has 0 bridgehead atoms. The first-order valence-electron chi connectivity index (χ1n) is 7.44. The summed E-state index contributed by atoms with van der Waals surface area (Å²) in [7, 11) is 0. The largest absolute Gasteiger partial charge is 0.391 e. The number of ether oxygens (including phenoxy) is 1. The van der Waals surface area contributed by atoms with Crippen molar-refractivity contribution in [3.05, 3.63) is 47.5 Å². The quantitative estimate of drug-likeness (QED) is 0.852. The molecule has 3 heterocycles. The summed E-state index contributed by atoms with van der Waals surface area (Å²) >= 11 is 0. The number of aliphatic hydroxyl groups is 1. The van der Waals surface area contributed by atoms with Gasteiger partial charge in [-0.2, -0.15) is 0 Å². The van der Waals surface area contributed by atoms with E-state index >= 15 is 0 Å². The number of carbonyl (C=O) groups is 1. The lowest BCUT2D eigenvalue weighted by atomic mass is 9.99. The SMILES string of the molecule is O=C(c1cn2c(n1)COCC2)N1CC(O)Cc2ccccc21. The van der Waals surface area contributed by atoms with Crippen LogP contribution in [0.4, 0.5) is 5.69 Å². The molecule has 1 unspecified atom stereocenters. The molecule has 2 aliphatic rings. The second-order valence-electron chi connectivity index (χ2n) is 5.69. The third kappa shape index (κ3) is 2.20. The van der Waals surface area contributed by atoms with E-state index in [1.165, 1.54) is 0 Å². The van der Waals surface area contributed by atoms with Gasteiger partial charge in [-0.1, -0.05) is 18.2 Å². The van der Waals surface area contributed by atoms with E-state index in [9.17, 15) is 9.90 Å². The summed E-state index contributed by atoms with van der Waals surface area (Å²) < 4.78 is 7.32. The summed E-state index contributed by atoms with van der Waals surface area (Å²) in [5, 5.41) is 10.0. The zero-order chi connectivity index (χ0) is 15.1. The van der Waals surface area contributed by atoms with E-state index in [4.69, 9.17) is 4.74 Å². The number of nitrogens with zero attached hydrogens (tertiary/aromatic N) is 3. The molecule has 4 rings (SSSR count). The number of anilines is 1. The fourth-order valence-corrected chi connectivity index (χ4v) is 3.10. The first kappa shape index (κ1) is 13.5. The van der Waals surface area contributed by atoms with Crippen LogP contribution in [0.25, 0.3) is 0 Å². The fraction of sp³-hybridized carbons (Fsp3) is 0.375. The van der Waals surface area contributed by atoms with Gasteiger partial charge in [0.05, 0.1) is 19.3 Å². The van der Waals surface area contributed by atoms with Crippen LogP contribution < -0.4 is 4.90 Å². The van der Waals surface area contributed by atoms with E-state index in [2.05, 4.69) is 4.98 Å². The van der Waals surface area contributed by atoms with Crippen LogP contribution in [0.1, 0.15) is 21.9 Å². The first-order valence-corrected chi connectivity index (χ1v) is 7.44. The molecule has 1 aromatic heterocycles. The number of fused-ring (bicyclic) bond motifs is 2. The minimum atomic E-state index is -0.542. The Kier molecular flexibility index (Phi) is 3.20. The topological polar surface area (TPSA) is 67.6 Å². The lowest BCUT2D eigenvalue weighted by Gasteiger charge is -2.31. The molecule has 0 saturated heterocycles. The zero-order valence-corrected chi connectivity index (χ0v) is 12.1. The average Bonchev–Trinajstić information content (AvgIpc) is 2.97. The molecule has 6 nitrogen and oxygen atoms in total. The number of para-hydroxylation sites is 1. The third-order valence-electron chi connectivity index (χ3n) is 4.16. The summed E-state index contributed by atoms with van der Waals surface area (Å²) in [4.78, 5) is 18.8. The number of aromatic nitrogens is 2. The van der Waals surface area contributed by atoms with Crippen LogP contribution >= 0.6 is 0 Å². The number of benzene rings is 1. The smallest absolute Gasteiger partial charge is 0.278 e. The molecule has 0 radical (unpaired) electrons. The van der Waals surface area contributed by atoms with Crippen LogP contribution in [0.2, 0.25) is 0 Å². The molecule has 114 valence electrons. The number of β-amino-alcohol motifs (C(OH)–C–C–N with tert-alkyl or cyclic N) is 1. The maximum atomic E-state index is 12.8. The molecule has 22 heavy (non-hydrogen) atoms. The van der Waals surface area contributed by atoms with Crippen LogP contribution in [0.5, 0.6) is 0 Å². The van der Waals surface area contributed by atoms with Gasteiger partial charge in [-0.05, 0) is 11.6 Å². The van der Waals surface area contributed by atoms with Crippen molar-refractivity contribution >= 4 is 11.6 Å². The summed E-state index contributed by atoms with van der Waals surface area (Å²) in [6.45, 7) is 2.10. The normalized spacial score (nSPS) is 20.4. The predicted octanol–water partition coefficient (Wildman–Crippen LogP) is 0.977. The van der Waals surface area contributed by atoms with Gasteiger partial charge in [-0.15, -0.1) is 0 Å². The highest BCUT2D eigenvalue weighted by Crippen LogP contribution is 2.28. The molecule has 2 aliphatic heterocycles. The Morgan fingerprint density at radius 2 is 2.23 bits per heavy atom. The standard InChI is InChI=1S/C16H17N3O3/c20-12-7-11-3-1-2-4-14(11)19(8-12)16(21)13-9-18-5-6-22-10-15(18)17-13/h1-4,9,12,20H,5-8,10H2. The average molecular weight is 299 g/mol. The molecule has 1 N–H and O–H groups in total. The molecule has 0 saturated carbocycles. The van der Waals surface area contributed by atoms with E-state index < -0.39 is 6.10 Å². The number of rotatable bonds is 1. The van der Waals surface area contributed by atoms with Gasteiger partial charge >= 0.3 is 0 Å². The number of carbonyl (C=O) groups excluding carboxylic acids is 1. The lowest BCUT2D eigenvalue weighted by molar-refractivity contribution is 0.0816. The lowest BCUT2D eigenvalue weighted by Crippen LogP contribution is -2.42. The minimum absolute atomic E-state index is 0.173. The number of amides is 1. The van der Waals surface area contributed by atoms with Crippen LogP contribution in [-0.4, -0.2) is 39.8 Å². The molecule has 1 aromatic carbocycles. The maximum Gasteiger partial charge on any atom is 0.278 e. The number of hydrogen-bond acceptors (Lipinski definition) is 4. The van der Waals surface area contributed by atoms with E-state index in [1.807, 2.05) is 28.8 Å². The Labute approximate surface area is 127 Å². The van der Waals surface area contributed by atoms with Gasteiger partial charge in [0.2, 0.25) is 0 Å². The van der Waals surface area contributed by atoms with Gasteiger partial charge in [0.25, 0.3) is 5.91 Å². The maximum absolute atomic E-state index is 12.8. The number of imidazole rings is 1. The predicted molar refractivity (Wildman–Crippen MR) is 79.7 cm³/mol. The van der Waals surface area contributed by atoms with Crippen molar-refractivity contribution in [2.45, 2.75) is 25.7 Å². The molecule has 2 aromatic rings. The van der Waals surface area contributed by atoms with Crippen molar-refractivity contribution in [3.8, 4) is 0 Å². The summed E-state index contributed by atoms with van der Waals surface area (Å²) in [6, 6.07) is 7.69. The van der Waals surface area contributed by atoms with E-state index in [-0.39, 0.29) is 5.91 Å². The van der Waals surface area contributed by atoms with Crippen molar-refractivity contribution in [3.63, 3.8) is 0 Å². The fourth-order valence-electron chi connectivity index (χ4n) is 3.10. The van der Waals surface area contributed by atoms with Gasteiger partial charge in [0.15, 0.2) is 0 Å². The van der Waals surface area contributed by atoms with Crippen LogP contribution in [0.3, 0.4) is 0 Å². The summed E-state index contributed by atoms with van der Waals surface area (Å²) in [5.41, 5.74) is 2.26. The second-order valence-corrected chi connectivity index (χ2v) is 5.69. The number of hydrogen-bond donors (Lipinski definition) is 1. The van der Waals surface area contributed by atoms with Crippen LogP contribution in [0, 0.1) is 0 Å². The van der Waals surface area contributed by atoms with Gasteiger partial charge in [-0.25, -0.2) is 4.98 Å². The van der Waals surface area contributed by atoms with E-state index in [0.717, 1.165) is 23.6 Å². The molecular weight excluding hydrogens is 282 g/mol. The van der Waals surface area contributed by atoms with Gasteiger partial charge < -0.3 is 19.3 Å². The summed E-state index contributed by atoms with van der Waals surface area (Å²) in [6.07, 6.45) is 1.82. The molecular formula is C16H17N3O3. The molecule has 0 spiro atoms. The van der Waals surface area contributed by atoms with Crippen molar-refractivity contribution < 1.29 is 14.6 Å². The highest BCUT2D eigenvalue weighted by molar-refractivity contribution is 6.05. The molecule has 1 atom stereocenters. The highest BCUT2D eigenvalue weighted by Gasteiger charge is 2.29.